The van der Waals surface area contributed by atoms with Gasteiger partial charge in [-0.3, -0.25) is 4.79 Å². The number of carbonyl (C=O) groups excluding carboxylic acids is 2. The van der Waals surface area contributed by atoms with Crippen LogP contribution in [0.1, 0.15) is 36.8 Å². The SMILES string of the molecule is Cc1ccc(C2(C(=O)N3C[C@H]4CC[C@@H]3CN(C(=O)N(C)C)C4)CC2)cc1. The van der Waals surface area contributed by atoms with Crippen LogP contribution in [0.2, 0.25) is 0 Å². The molecule has 2 bridgehead atoms. The highest BCUT2D eigenvalue weighted by Crippen LogP contribution is 2.50. The third kappa shape index (κ3) is 2.87. The molecule has 0 radical (unpaired) electrons. The van der Waals surface area contributed by atoms with Crippen molar-refractivity contribution in [2.45, 2.75) is 44.1 Å². The van der Waals surface area contributed by atoms with Gasteiger partial charge < -0.3 is 14.7 Å². The lowest BCUT2D eigenvalue weighted by molar-refractivity contribution is -0.138. The van der Waals surface area contributed by atoms with Crippen LogP contribution in [0.4, 0.5) is 4.79 Å². The molecule has 1 aromatic rings. The minimum absolute atomic E-state index is 0.0656. The van der Waals surface area contributed by atoms with E-state index in [-0.39, 0.29) is 23.4 Å². The van der Waals surface area contributed by atoms with Crippen molar-refractivity contribution in [2.75, 3.05) is 33.7 Å². The Morgan fingerprint density at radius 1 is 1.04 bits per heavy atom. The molecule has 0 aromatic heterocycles. The summed E-state index contributed by atoms with van der Waals surface area (Å²) >= 11 is 0. The standard InChI is InChI=1S/C21H29N3O2/c1-15-4-7-17(8-5-15)21(10-11-21)19(25)24-13-16-6-9-18(24)14-23(12-16)20(26)22(2)3/h4-5,7-8,16,18H,6,9-14H2,1-3H3/t16-,18+/m0/s1. The van der Waals surface area contributed by atoms with Gasteiger partial charge in [0, 0.05) is 39.8 Å². The predicted octanol–water partition coefficient (Wildman–Crippen LogP) is 2.63. The molecule has 26 heavy (non-hydrogen) atoms. The minimum Gasteiger partial charge on any atom is -0.337 e. The number of amides is 3. The Balaban J connectivity index is 1.56. The molecule has 5 nitrogen and oxygen atoms in total. The minimum atomic E-state index is -0.311. The second-order valence-corrected chi connectivity index (χ2v) is 8.58. The lowest BCUT2D eigenvalue weighted by Gasteiger charge is -2.38. The van der Waals surface area contributed by atoms with Crippen LogP contribution in [-0.2, 0) is 10.2 Å². The van der Waals surface area contributed by atoms with Gasteiger partial charge in [-0.1, -0.05) is 29.8 Å². The Bertz CT molecular complexity index is 708. The van der Waals surface area contributed by atoms with Gasteiger partial charge in [0.25, 0.3) is 0 Å². The molecule has 3 aliphatic heterocycles. The van der Waals surface area contributed by atoms with Gasteiger partial charge in [-0.25, -0.2) is 4.79 Å². The van der Waals surface area contributed by atoms with Gasteiger partial charge in [0.1, 0.15) is 0 Å². The number of carbonyl (C=O) groups is 2. The van der Waals surface area contributed by atoms with Gasteiger partial charge in [-0.05, 0) is 44.1 Å². The molecule has 0 unspecified atom stereocenters. The van der Waals surface area contributed by atoms with Gasteiger partial charge in [0.2, 0.25) is 5.91 Å². The van der Waals surface area contributed by atoms with E-state index in [1.165, 1.54) is 5.56 Å². The molecule has 140 valence electrons. The molecule has 1 aromatic carbocycles. The quantitative estimate of drug-likeness (QED) is 0.819. The molecule has 4 fully saturated rings. The van der Waals surface area contributed by atoms with E-state index in [0.717, 1.165) is 44.3 Å². The van der Waals surface area contributed by atoms with Crippen LogP contribution < -0.4 is 0 Å². The van der Waals surface area contributed by atoms with E-state index < -0.39 is 0 Å². The van der Waals surface area contributed by atoms with E-state index in [1.807, 2.05) is 4.90 Å². The van der Waals surface area contributed by atoms with Crippen molar-refractivity contribution in [2.24, 2.45) is 5.92 Å². The Labute approximate surface area is 155 Å². The summed E-state index contributed by atoms with van der Waals surface area (Å²) < 4.78 is 0. The number of aryl methyl sites for hydroxylation is 1. The predicted molar refractivity (Wildman–Crippen MR) is 101 cm³/mol. The smallest absolute Gasteiger partial charge is 0.319 e. The van der Waals surface area contributed by atoms with E-state index in [1.54, 1.807) is 19.0 Å². The summed E-state index contributed by atoms with van der Waals surface area (Å²) in [5.41, 5.74) is 2.08. The fourth-order valence-electron chi connectivity index (χ4n) is 4.67. The highest BCUT2D eigenvalue weighted by Gasteiger charge is 2.55. The molecule has 3 heterocycles. The van der Waals surface area contributed by atoms with Crippen LogP contribution >= 0.6 is 0 Å². The molecule has 2 atom stereocenters. The molecule has 1 saturated carbocycles. The van der Waals surface area contributed by atoms with Crippen molar-refractivity contribution in [1.29, 1.82) is 0 Å². The average Bonchev–Trinajstić information content (AvgIpc) is 3.46. The maximum Gasteiger partial charge on any atom is 0.319 e. The summed E-state index contributed by atoms with van der Waals surface area (Å²) in [5, 5.41) is 0. The second-order valence-electron chi connectivity index (χ2n) is 8.58. The first-order chi connectivity index (χ1) is 12.4. The first kappa shape index (κ1) is 17.4. The monoisotopic (exact) mass is 355 g/mol. The maximum absolute atomic E-state index is 13.5. The number of hydrogen-bond acceptors (Lipinski definition) is 2. The average molecular weight is 355 g/mol. The summed E-state index contributed by atoms with van der Waals surface area (Å²) in [5.74, 6) is 0.686. The van der Waals surface area contributed by atoms with Gasteiger partial charge in [-0.15, -0.1) is 0 Å². The number of urea groups is 1. The molecular weight excluding hydrogens is 326 g/mol. The lowest BCUT2D eigenvalue weighted by Crippen LogP contribution is -2.51. The maximum atomic E-state index is 13.5. The van der Waals surface area contributed by atoms with Crippen molar-refractivity contribution < 1.29 is 9.59 Å². The van der Waals surface area contributed by atoms with Crippen molar-refractivity contribution in [3.63, 3.8) is 0 Å². The van der Waals surface area contributed by atoms with E-state index in [9.17, 15) is 9.59 Å². The van der Waals surface area contributed by atoms with Crippen LogP contribution in [0.15, 0.2) is 24.3 Å². The van der Waals surface area contributed by atoms with E-state index in [0.29, 0.717) is 12.5 Å². The van der Waals surface area contributed by atoms with Crippen LogP contribution in [0, 0.1) is 12.8 Å². The number of piperidine rings is 1. The summed E-state index contributed by atoms with van der Waals surface area (Å²) in [7, 11) is 3.60. The van der Waals surface area contributed by atoms with Crippen LogP contribution in [0.5, 0.6) is 0 Å². The van der Waals surface area contributed by atoms with E-state index in [2.05, 4.69) is 36.1 Å². The highest BCUT2D eigenvalue weighted by molar-refractivity contribution is 5.91. The molecule has 5 rings (SSSR count). The number of nitrogens with zero attached hydrogens (tertiary/aromatic N) is 3. The second kappa shape index (κ2) is 6.29. The van der Waals surface area contributed by atoms with Crippen LogP contribution in [0.25, 0.3) is 0 Å². The molecule has 4 aliphatic rings. The number of benzene rings is 1. The molecular formula is C21H29N3O2. The van der Waals surface area contributed by atoms with Gasteiger partial charge in [0.15, 0.2) is 0 Å². The molecule has 0 N–H and O–H groups in total. The molecule has 0 spiro atoms. The fourth-order valence-corrected chi connectivity index (χ4v) is 4.67. The lowest BCUT2D eigenvalue weighted by atomic mass is 9.89. The highest BCUT2D eigenvalue weighted by atomic mass is 16.2. The number of rotatable bonds is 2. The zero-order chi connectivity index (χ0) is 18.5. The number of hydrogen-bond donors (Lipinski definition) is 0. The first-order valence-corrected chi connectivity index (χ1v) is 9.75. The topological polar surface area (TPSA) is 43.9 Å². The third-order valence-electron chi connectivity index (χ3n) is 6.39. The molecule has 5 heteroatoms. The van der Waals surface area contributed by atoms with Crippen molar-refractivity contribution in [3.8, 4) is 0 Å². The summed E-state index contributed by atoms with van der Waals surface area (Å²) in [6.45, 7) is 4.32. The Morgan fingerprint density at radius 3 is 2.35 bits per heavy atom. The molecule has 3 amide bonds. The first-order valence-electron chi connectivity index (χ1n) is 9.75. The zero-order valence-corrected chi connectivity index (χ0v) is 16.1. The van der Waals surface area contributed by atoms with E-state index in [4.69, 9.17) is 0 Å². The van der Waals surface area contributed by atoms with Gasteiger partial charge in [0.05, 0.1) is 5.41 Å². The van der Waals surface area contributed by atoms with Gasteiger partial charge >= 0.3 is 6.03 Å². The Morgan fingerprint density at radius 2 is 1.73 bits per heavy atom. The molecule has 1 aliphatic carbocycles. The van der Waals surface area contributed by atoms with Crippen LogP contribution in [-0.4, -0.2) is 66.4 Å². The fraction of sp³-hybridized carbons (Fsp3) is 0.619. The summed E-state index contributed by atoms with van der Waals surface area (Å²) in [4.78, 5) is 31.7. The Kier molecular flexibility index (Phi) is 4.20. The van der Waals surface area contributed by atoms with Crippen molar-refractivity contribution >= 4 is 11.9 Å². The third-order valence-corrected chi connectivity index (χ3v) is 6.39. The number of fused-ring (bicyclic) bond motifs is 4. The van der Waals surface area contributed by atoms with Crippen molar-refractivity contribution in [3.05, 3.63) is 35.4 Å². The summed E-state index contributed by atoms with van der Waals surface area (Å²) in [6.07, 6.45) is 4.02. The largest absolute Gasteiger partial charge is 0.337 e. The Hall–Kier alpha value is -2.04. The molecule has 3 saturated heterocycles. The van der Waals surface area contributed by atoms with Gasteiger partial charge in [-0.2, -0.15) is 0 Å². The van der Waals surface area contributed by atoms with Crippen LogP contribution in [0.3, 0.4) is 0 Å². The summed E-state index contributed by atoms with van der Waals surface area (Å²) in [6, 6.07) is 8.68. The normalized spacial score (nSPS) is 26.4. The zero-order valence-electron chi connectivity index (χ0n) is 16.1. The van der Waals surface area contributed by atoms with E-state index >= 15 is 0 Å². The van der Waals surface area contributed by atoms with Crippen molar-refractivity contribution in [1.82, 2.24) is 14.7 Å².